The molecule has 1 aromatic carbocycles. The van der Waals surface area contributed by atoms with Crippen molar-refractivity contribution in [2.75, 3.05) is 6.54 Å². The van der Waals surface area contributed by atoms with E-state index in [2.05, 4.69) is 22.6 Å². The Kier molecular flexibility index (Phi) is 4.45. The van der Waals surface area contributed by atoms with Crippen molar-refractivity contribution in [1.29, 1.82) is 0 Å². The van der Waals surface area contributed by atoms with Crippen molar-refractivity contribution in [3.8, 4) is 5.75 Å². The molecule has 0 aliphatic carbocycles. The highest BCUT2D eigenvalue weighted by Crippen LogP contribution is 2.21. The number of benzene rings is 1. The largest absolute Gasteiger partial charge is 0.489 e. The first-order chi connectivity index (χ1) is 8.83. The molecular formula is C14H17ClN2O2. The molecule has 102 valence electrons. The van der Waals surface area contributed by atoms with Crippen LogP contribution in [0.15, 0.2) is 28.9 Å². The summed E-state index contributed by atoms with van der Waals surface area (Å²) in [4.78, 5) is 0. The van der Waals surface area contributed by atoms with Crippen molar-refractivity contribution < 1.29 is 9.26 Å². The van der Waals surface area contributed by atoms with Crippen LogP contribution in [-0.4, -0.2) is 11.7 Å². The number of nitrogens with zero attached hydrogens (tertiary/aromatic N) is 1. The van der Waals surface area contributed by atoms with Crippen LogP contribution in [0.4, 0.5) is 0 Å². The topological polar surface area (TPSA) is 47.3 Å². The first-order valence-corrected chi connectivity index (χ1v) is 6.18. The Bertz CT molecular complexity index is 554. The summed E-state index contributed by atoms with van der Waals surface area (Å²) in [5.74, 6) is 1.73. The van der Waals surface area contributed by atoms with E-state index in [0.717, 1.165) is 36.6 Å². The van der Waals surface area contributed by atoms with Gasteiger partial charge in [0.25, 0.3) is 0 Å². The van der Waals surface area contributed by atoms with E-state index in [1.54, 1.807) is 6.20 Å². The molecule has 4 nitrogen and oxygen atoms in total. The molecule has 3 rings (SSSR count). The van der Waals surface area contributed by atoms with Gasteiger partial charge in [-0.25, -0.2) is 0 Å². The molecule has 1 aromatic heterocycles. The highest BCUT2D eigenvalue weighted by atomic mass is 35.5. The number of rotatable bonds is 3. The fourth-order valence-corrected chi connectivity index (χ4v) is 2.16. The predicted molar refractivity (Wildman–Crippen MR) is 74.7 cm³/mol. The second-order valence-corrected chi connectivity index (χ2v) is 4.55. The fraction of sp³-hybridized carbons (Fsp3) is 0.357. The molecule has 0 bridgehead atoms. The summed E-state index contributed by atoms with van der Waals surface area (Å²) >= 11 is 0. The lowest BCUT2D eigenvalue weighted by Crippen LogP contribution is -2.23. The normalized spacial score (nSPS) is 13.5. The minimum absolute atomic E-state index is 0. The van der Waals surface area contributed by atoms with Gasteiger partial charge in [0.2, 0.25) is 0 Å². The average Bonchev–Trinajstić information content (AvgIpc) is 2.82. The average molecular weight is 281 g/mol. The van der Waals surface area contributed by atoms with E-state index in [1.165, 1.54) is 11.1 Å². The van der Waals surface area contributed by atoms with E-state index >= 15 is 0 Å². The molecule has 0 unspecified atom stereocenters. The Hall–Kier alpha value is -1.52. The third-order valence-electron chi connectivity index (χ3n) is 3.31. The van der Waals surface area contributed by atoms with E-state index in [4.69, 9.17) is 9.26 Å². The molecule has 0 saturated carbocycles. The summed E-state index contributed by atoms with van der Waals surface area (Å²) in [6, 6.07) is 6.30. The lowest BCUT2D eigenvalue weighted by atomic mass is 10.0. The van der Waals surface area contributed by atoms with Crippen LogP contribution < -0.4 is 10.1 Å². The van der Waals surface area contributed by atoms with Gasteiger partial charge < -0.3 is 14.6 Å². The third kappa shape index (κ3) is 3.08. The van der Waals surface area contributed by atoms with Crippen LogP contribution in [0, 0.1) is 6.92 Å². The van der Waals surface area contributed by atoms with Crippen molar-refractivity contribution in [2.45, 2.75) is 26.5 Å². The van der Waals surface area contributed by atoms with E-state index < -0.39 is 0 Å². The van der Waals surface area contributed by atoms with Gasteiger partial charge in [0.05, 0.1) is 11.8 Å². The number of ether oxygens (including phenoxy) is 1. The third-order valence-corrected chi connectivity index (χ3v) is 3.31. The smallest absolute Gasteiger partial charge is 0.140 e. The molecule has 0 radical (unpaired) electrons. The summed E-state index contributed by atoms with van der Waals surface area (Å²) in [6.07, 6.45) is 2.77. The number of aromatic nitrogens is 1. The number of halogens is 1. The van der Waals surface area contributed by atoms with Crippen LogP contribution in [0.1, 0.15) is 22.5 Å². The first-order valence-electron chi connectivity index (χ1n) is 6.18. The number of hydrogen-bond donors (Lipinski definition) is 1. The quantitative estimate of drug-likeness (QED) is 0.939. The van der Waals surface area contributed by atoms with Crippen LogP contribution in [0.3, 0.4) is 0 Å². The Labute approximate surface area is 118 Å². The van der Waals surface area contributed by atoms with Gasteiger partial charge in [-0.2, -0.15) is 0 Å². The number of nitrogens with one attached hydrogen (secondary N) is 1. The van der Waals surface area contributed by atoms with Gasteiger partial charge in [0.15, 0.2) is 0 Å². The van der Waals surface area contributed by atoms with Crippen molar-refractivity contribution in [3.63, 3.8) is 0 Å². The number of hydrogen-bond acceptors (Lipinski definition) is 4. The molecule has 5 heteroatoms. The minimum atomic E-state index is 0. The monoisotopic (exact) mass is 280 g/mol. The maximum absolute atomic E-state index is 5.78. The molecule has 0 amide bonds. The van der Waals surface area contributed by atoms with Gasteiger partial charge in [-0.05, 0) is 43.1 Å². The zero-order chi connectivity index (χ0) is 12.4. The highest BCUT2D eigenvalue weighted by molar-refractivity contribution is 5.85. The summed E-state index contributed by atoms with van der Waals surface area (Å²) in [5.41, 5.74) is 3.75. The molecule has 2 aromatic rings. The summed E-state index contributed by atoms with van der Waals surface area (Å²) in [7, 11) is 0. The van der Waals surface area contributed by atoms with Crippen molar-refractivity contribution >= 4 is 12.4 Å². The van der Waals surface area contributed by atoms with E-state index in [0.29, 0.717) is 6.61 Å². The molecule has 0 spiro atoms. The van der Waals surface area contributed by atoms with Gasteiger partial charge in [-0.15, -0.1) is 12.4 Å². The van der Waals surface area contributed by atoms with Gasteiger partial charge in [-0.1, -0.05) is 11.2 Å². The zero-order valence-corrected chi connectivity index (χ0v) is 11.6. The van der Waals surface area contributed by atoms with Crippen molar-refractivity contribution in [1.82, 2.24) is 10.5 Å². The maximum Gasteiger partial charge on any atom is 0.140 e. The van der Waals surface area contributed by atoms with Crippen LogP contribution in [0.25, 0.3) is 0 Å². The second-order valence-electron chi connectivity index (χ2n) is 4.55. The Balaban J connectivity index is 0.00000133. The molecular weight excluding hydrogens is 264 g/mol. The first kappa shape index (κ1) is 13.9. The lowest BCUT2D eigenvalue weighted by Gasteiger charge is -2.17. The standard InChI is InChI=1S/C14H16N2O2.ClH/c1-10-13(8-16-18-10)9-17-14-3-2-12-7-15-5-4-11(12)6-14;/h2-3,6,8,15H,4-5,7,9H2,1H3;1H. The molecule has 1 aliphatic rings. The Morgan fingerprint density at radius 3 is 3.05 bits per heavy atom. The van der Waals surface area contributed by atoms with E-state index in [1.807, 2.05) is 13.0 Å². The van der Waals surface area contributed by atoms with E-state index in [-0.39, 0.29) is 12.4 Å². The summed E-state index contributed by atoms with van der Waals surface area (Å²) in [6.45, 7) is 4.40. The van der Waals surface area contributed by atoms with Gasteiger partial charge >= 0.3 is 0 Å². The fourth-order valence-electron chi connectivity index (χ4n) is 2.16. The molecule has 0 fully saturated rings. The van der Waals surface area contributed by atoms with Crippen LogP contribution in [0.2, 0.25) is 0 Å². The van der Waals surface area contributed by atoms with Gasteiger partial charge in [-0.3, -0.25) is 0 Å². The SMILES string of the molecule is Cc1oncc1COc1ccc2c(c1)CCNC2.Cl. The zero-order valence-electron chi connectivity index (χ0n) is 10.8. The van der Waals surface area contributed by atoms with Crippen LogP contribution in [-0.2, 0) is 19.6 Å². The van der Waals surface area contributed by atoms with Crippen molar-refractivity contribution in [3.05, 3.63) is 46.8 Å². The molecule has 2 heterocycles. The molecule has 0 atom stereocenters. The second kappa shape index (κ2) is 6.08. The summed E-state index contributed by atoms with van der Waals surface area (Å²) in [5, 5.41) is 7.10. The minimum Gasteiger partial charge on any atom is -0.489 e. The Morgan fingerprint density at radius 2 is 2.26 bits per heavy atom. The number of fused-ring (bicyclic) bond motifs is 1. The maximum atomic E-state index is 5.78. The molecule has 0 saturated heterocycles. The molecule has 19 heavy (non-hydrogen) atoms. The molecule has 1 N–H and O–H groups in total. The number of aryl methyl sites for hydroxylation is 1. The van der Waals surface area contributed by atoms with Gasteiger partial charge in [0, 0.05) is 6.54 Å². The van der Waals surface area contributed by atoms with Crippen molar-refractivity contribution in [2.24, 2.45) is 0 Å². The van der Waals surface area contributed by atoms with Gasteiger partial charge in [0.1, 0.15) is 18.1 Å². The molecule has 1 aliphatic heterocycles. The summed E-state index contributed by atoms with van der Waals surface area (Å²) < 4.78 is 10.8. The van der Waals surface area contributed by atoms with Crippen LogP contribution >= 0.6 is 12.4 Å². The lowest BCUT2D eigenvalue weighted by molar-refractivity contribution is 0.301. The van der Waals surface area contributed by atoms with Crippen LogP contribution in [0.5, 0.6) is 5.75 Å². The predicted octanol–water partition coefficient (Wildman–Crippen LogP) is 2.63. The van der Waals surface area contributed by atoms with E-state index in [9.17, 15) is 0 Å². The Morgan fingerprint density at radius 1 is 1.37 bits per heavy atom. The highest BCUT2D eigenvalue weighted by Gasteiger charge is 2.10.